The minimum Gasteiger partial charge on any atom is -0.331 e. The summed E-state index contributed by atoms with van der Waals surface area (Å²) in [7, 11) is 0. The van der Waals surface area contributed by atoms with Gasteiger partial charge in [0.15, 0.2) is 4.77 Å². The summed E-state index contributed by atoms with van der Waals surface area (Å²) in [5.41, 5.74) is 4.66. The summed E-state index contributed by atoms with van der Waals surface area (Å²) >= 11 is 5.46. The third kappa shape index (κ3) is 2.08. The summed E-state index contributed by atoms with van der Waals surface area (Å²) in [6, 6.07) is 10.6. The maximum atomic E-state index is 5.46. The first-order chi connectivity index (χ1) is 9.16. The van der Waals surface area contributed by atoms with E-state index in [1.54, 1.807) is 0 Å². The second kappa shape index (κ2) is 4.63. The number of pyridine rings is 1. The van der Waals surface area contributed by atoms with Crippen LogP contribution in [0.3, 0.4) is 0 Å². The van der Waals surface area contributed by atoms with Crippen molar-refractivity contribution < 1.29 is 0 Å². The van der Waals surface area contributed by atoms with Gasteiger partial charge in [0.25, 0.3) is 0 Å². The number of benzene rings is 1. The Kier molecular flexibility index (Phi) is 2.95. The van der Waals surface area contributed by atoms with Crippen molar-refractivity contribution in [3.05, 3.63) is 58.6 Å². The number of nitrogens with one attached hydrogen (secondary N) is 1. The summed E-state index contributed by atoms with van der Waals surface area (Å²) in [6.45, 7) is 4.25. The first kappa shape index (κ1) is 12.1. The molecule has 96 valence electrons. The Bertz CT molecular complexity index is 771. The Hall–Kier alpha value is -1.94. The van der Waals surface area contributed by atoms with Crippen LogP contribution in [-0.4, -0.2) is 14.5 Å². The van der Waals surface area contributed by atoms with Gasteiger partial charge in [-0.15, -0.1) is 0 Å². The van der Waals surface area contributed by atoms with Crippen LogP contribution in [0.4, 0.5) is 0 Å². The second-order valence-corrected chi connectivity index (χ2v) is 5.16. The molecule has 1 atom stereocenters. The van der Waals surface area contributed by atoms with Gasteiger partial charge in [-0.25, -0.2) is 0 Å². The Morgan fingerprint density at radius 3 is 2.68 bits per heavy atom. The highest BCUT2D eigenvalue weighted by atomic mass is 32.1. The SMILES string of the molecule is Cc1ccc2[nH]c(=S)n(C(C)c3ccncc3)c2c1. The average molecular weight is 269 g/mol. The molecule has 0 radical (unpaired) electrons. The number of aromatic nitrogens is 3. The fourth-order valence-electron chi connectivity index (χ4n) is 2.41. The Morgan fingerprint density at radius 1 is 1.21 bits per heavy atom. The van der Waals surface area contributed by atoms with Crippen molar-refractivity contribution in [2.75, 3.05) is 0 Å². The van der Waals surface area contributed by atoms with Crippen LogP contribution in [0.5, 0.6) is 0 Å². The lowest BCUT2D eigenvalue weighted by Crippen LogP contribution is -2.06. The molecule has 1 unspecified atom stereocenters. The first-order valence-corrected chi connectivity index (χ1v) is 6.68. The number of imidazole rings is 1. The maximum absolute atomic E-state index is 5.46. The van der Waals surface area contributed by atoms with Gasteiger partial charge in [-0.1, -0.05) is 6.07 Å². The molecule has 1 N–H and O–H groups in total. The zero-order chi connectivity index (χ0) is 13.4. The monoisotopic (exact) mass is 269 g/mol. The molecule has 0 amide bonds. The highest BCUT2D eigenvalue weighted by Crippen LogP contribution is 2.24. The van der Waals surface area contributed by atoms with Gasteiger partial charge in [-0.2, -0.15) is 0 Å². The highest BCUT2D eigenvalue weighted by molar-refractivity contribution is 7.71. The van der Waals surface area contributed by atoms with Crippen LogP contribution in [0, 0.1) is 11.7 Å². The molecule has 0 saturated carbocycles. The number of aromatic amines is 1. The van der Waals surface area contributed by atoms with E-state index >= 15 is 0 Å². The van der Waals surface area contributed by atoms with Gasteiger partial charge < -0.3 is 9.55 Å². The third-order valence-electron chi connectivity index (χ3n) is 3.45. The lowest BCUT2D eigenvalue weighted by molar-refractivity contribution is 0.648. The summed E-state index contributed by atoms with van der Waals surface area (Å²) in [5, 5.41) is 0. The van der Waals surface area contributed by atoms with E-state index in [9.17, 15) is 0 Å². The summed E-state index contributed by atoms with van der Waals surface area (Å²) in [4.78, 5) is 7.33. The van der Waals surface area contributed by atoms with Gasteiger partial charge in [0, 0.05) is 12.4 Å². The lowest BCUT2D eigenvalue weighted by Gasteiger charge is -2.15. The summed E-state index contributed by atoms with van der Waals surface area (Å²) in [6.07, 6.45) is 3.63. The molecule has 19 heavy (non-hydrogen) atoms. The molecule has 3 nitrogen and oxygen atoms in total. The van der Waals surface area contributed by atoms with Crippen molar-refractivity contribution in [1.82, 2.24) is 14.5 Å². The Morgan fingerprint density at radius 2 is 1.95 bits per heavy atom. The molecule has 0 aliphatic heterocycles. The number of aryl methyl sites for hydroxylation is 1. The van der Waals surface area contributed by atoms with Crippen LogP contribution in [0.25, 0.3) is 11.0 Å². The van der Waals surface area contributed by atoms with Crippen molar-refractivity contribution in [3.63, 3.8) is 0 Å². The topological polar surface area (TPSA) is 33.6 Å². The minimum atomic E-state index is 0.186. The second-order valence-electron chi connectivity index (χ2n) is 4.78. The number of nitrogens with zero attached hydrogens (tertiary/aromatic N) is 2. The molecule has 0 aliphatic carbocycles. The molecule has 2 heterocycles. The van der Waals surface area contributed by atoms with E-state index in [1.807, 2.05) is 24.5 Å². The van der Waals surface area contributed by atoms with Crippen LogP contribution in [-0.2, 0) is 0 Å². The van der Waals surface area contributed by atoms with Gasteiger partial charge in [0.2, 0.25) is 0 Å². The van der Waals surface area contributed by atoms with Gasteiger partial charge in [0.05, 0.1) is 17.1 Å². The van der Waals surface area contributed by atoms with Gasteiger partial charge in [-0.3, -0.25) is 4.98 Å². The highest BCUT2D eigenvalue weighted by Gasteiger charge is 2.12. The molecule has 0 aliphatic rings. The minimum absolute atomic E-state index is 0.186. The molecular weight excluding hydrogens is 254 g/mol. The zero-order valence-electron chi connectivity index (χ0n) is 10.9. The molecule has 3 aromatic rings. The number of H-pyrrole nitrogens is 1. The van der Waals surface area contributed by atoms with E-state index in [1.165, 1.54) is 11.1 Å². The zero-order valence-corrected chi connectivity index (χ0v) is 11.7. The Balaban J connectivity index is 2.22. The van der Waals surface area contributed by atoms with Crippen LogP contribution in [0.15, 0.2) is 42.7 Å². The molecular formula is C15H15N3S. The van der Waals surface area contributed by atoms with E-state index in [-0.39, 0.29) is 6.04 Å². The number of fused-ring (bicyclic) bond motifs is 1. The van der Waals surface area contributed by atoms with Crippen LogP contribution in [0.1, 0.15) is 24.1 Å². The molecule has 0 bridgehead atoms. The maximum Gasteiger partial charge on any atom is 0.178 e. The third-order valence-corrected chi connectivity index (χ3v) is 3.75. The fourth-order valence-corrected chi connectivity index (χ4v) is 2.77. The number of rotatable bonds is 2. The number of hydrogen-bond donors (Lipinski definition) is 1. The summed E-state index contributed by atoms with van der Waals surface area (Å²) < 4.78 is 2.91. The molecule has 3 rings (SSSR count). The van der Waals surface area contributed by atoms with Crippen molar-refractivity contribution in [3.8, 4) is 0 Å². The summed E-state index contributed by atoms with van der Waals surface area (Å²) in [5.74, 6) is 0. The smallest absolute Gasteiger partial charge is 0.178 e. The van der Waals surface area contributed by atoms with Crippen molar-refractivity contribution in [2.24, 2.45) is 0 Å². The Labute approximate surface area is 116 Å². The standard InChI is InChI=1S/C15H15N3S/c1-10-3-4-13-14(9-10)18(15(19)17-13)11(2)12-5-7-16-8-6-12/h3-9,11H,1-2H3,(H,17,19). The lowest BCUT2D eigenvalue weighted by atomic mass is 10.1. The van der Waals surface area contributed by atoms with Crippen LogP contribution >= 0.6 is 12.2 Å². The van der Waals surface area contributed by atoms with Crippen molar-refractivity contribution in [2.45, 2.75) is 19.9 Å². The quantitative estimate of drug-likeness (QED) is 0.713. The molecule has 0 spiro atoms. The van der Waals surface area contributed by atoms with Crippen LogP contribution < -0.4 is 0 Å². The van der Waals surface area contributed by atoms with E-state index in [0.29, 0.717) is 0 Å². The van der Waals surface area contributed by atoms with Crippen molar-refractivity contribution in [1.29, 1.82) is 0 Å². The van der Waals surface area contributed by atoms with Gasteiger partial charge in [0.1, 0.15) is 0 Å². The fraction of sp³-hybridized carbons (Fsp3) is 0.200. The van der Waals surface area contributed by atoms with Crippen LogP contribution in [0.2, 0.25) is 0 Å². The predicted octanol–water partition coefficient (Wildman–Crippen LogP) is 4.01. The molecule has 0 saturated heterocycles. The predicted molar refractivity (Wildman–Crippen MR) is 79.9 cm³/mol. The van der Waals surface area contributed by atoms with E-state index in [2.05, 4.69) is 46.6 Å². The van der Waals surface area contributed by atoms with Gasteiger partial charge in [-0.05, 0) is 61.5 Å². The molecule has 1 aromatic carbocycles. The van der Waals surface area contributed by atoms with E-state index in [0.717, 1.165) is 15.8 Å². The number of hydrogen-bond acceptors (Lipinski definition) is 2. The first-order valence-electron chi connectivity index (χ1n) is 6.27. The molecule has 2 aromatic heterocycles. The largest absolute Gasteiger partial charge is 0.331 e. The van der Waals surface area contributed by atoms with Gasteiger partial charge >= 0.3 is 0 Å². The average Bonchev–Trinajstić information content (AvgIpc) is 2.74. The van der Waals surface area contributed by atoms with E-state index < -0.39 is 0 Å². The normalized spacial score (nSPS) is 12.7. The van der Waals surface area contributed by atoms with E-state index in [4.69, 9.17) is 12.2 Å². The molecule has 4 heteroatoms. The molecule has 0 fully saturated rings. The van der Waals surface area contributed by atoms with Crippen molar-refractivity contribution >= 4 is 23.3 Å².